The van der Waals surface area contributed by atoms with Gasteiger partial charge < -0.3 is 24.8 Å². The number of nitrogens with one attached hydrogen (secondary N) is 2. The second-order valence-corrected chi connectivity index (χ2v) is 9.37. The molecule has 5 rings (SSSR count). The minimum Gasteiger partial charge on any atom is -0.497 e. The Morgan fingerprint density at radius 1 is 1.13 bits per heavy atom. The maximum Gasteiger partial charge on any atom is 0.251 e. The summed E-state index contributed by atoms with van der Waals surface area (Å²) in [7, 11) is 3.10. The first-order chi connectivity index (χ1) is 18.5. The van der Waals surface area contributed by atoms with Crippen LogP contribution in [-0.4, -0.2) is 49.4 Å². The van der Waals surface area contributed by atoms with Gasteiger partial charge in [-0.3, -0.25) is 9.36 Å². The van der Waals surface area contributed by atoms with Gasteiger partial charge in [0, 0.05) is 56.3 Å². The van der Waals surface area contributed by atoms with Gasteiger partial charge in [-0.1, -0.05) is 0 Å². The van der Waals surface area contributed by atoms with E-state index in [2.05, 4.69) is 10.6 Å². The average Bonchev–Trinajstić information content (AvgIpc) is 3.37. The quantitative estimate of drug-likeness (QED) is 0.322. The monoisotopic (exact) mass is 518 g/mol. The highest BCUT2D eigenvalue weighted by molar-refractivity contribution is 5.96. The Morgan fingerprint density at radius 3 is 2.66 bits per heavy atom. The molecule has 2 heterocycles. The summed E-state index contributed by atoms with van der Waals surface area (Å²) in [5.41, 5.74) is 4.66. The van der Waals surface area contributed by atoms with E-state index < -0.39 is 5.82 Å². The fourth-order valence-electron chi connectivity index (χ4n) is 4.70. The minimum absolute atomic E-state index is 0.0948. The second kappa shape index (κ2) is 11.1. The molecule has 1 aliphatic heterocycles. The number of anilines is 1. The largest absolute Gasteiger partial charge is 0.497 e. The van der Waals surface area contributed by atoms with Crippen molar-refractivity contribution in [3.8, 4) is 22.9 Å². The molecule has 1 aromatic heterocycles. The van der Waals surface area contributed by atoms with Gasteiger partial charge in [-0.2, -0.15) is 0 Å². The Labute approximate surface area is 220 Å². The van der Waals surface area contributed by atoms with Crippen LogP contribution in [0.15, 0.2) is 54.9 Å². The molecule has 1 fully saturated rings. The lowest BCUT2D eigenvalue weighted by Gasteiger charge is -2.23. The maximum atomic E-state index is 14.7. The molecule has 0 saturated carbocycles. The molecule has 0 radical (unpaired) electrons. The van der Waals surface area contributed by atoms with Gasteiger partial charge in [0.2, 0.25) is 0 Å². The zero-order chi connectivity index (χ0) is 26.6. The number of benzene rings is 3. The van der Waals surface area contributed by atoms with Crippen LogP contribution in [0.4, 0.5) is 10.1 Å². The molecule has 0 atom stereocenters. The first kappa shape index (κ1) is 25.5. The van der Waals surface area contributed by atoms with Crippen molar-refractivity contribution in [2.24, 2.45) is 5.92 Å². The molecule has 2 N–H and O–H groups in total. The van der Waals surface area contributed by atoms with Gasteiger partial charge in [0.15, 0.2) is 11.6 Å². The summed E-state index contributed by atoms with van der Waals surface area (Å²) in [5, 5.41) is 6.21. The van der Waals surface area contributed by atoms with Crippen molar-refractivity contribution in [3.63, 3.8) is 0 Å². The Balaban J connectivity index is 1.54. The molecular formula is C29H31FN4O4. The molecule has 1 saturated heterocycles. The van der Waals surface area contributed by atoms with Crippen molar-refractivity contribution in [1.82, 2.24) is 14.9 Å². The number of aryl methyl sites for hydroxylation is 1. The number of hydrogen-bond acceptors (Lipinski definition) is 6. The van der Waals surface area contributed by atoms with E-state index in [1.165, 1.54) is 13.2 Å². The zero-order valence-corrected chi connectivity index (χ0v) is 21.7. The van der Waals surface area contributed by atoms with E-state index in [4.69, 9.17) is 19.2 Å². The first-order valence-electron chi connectivity index (χ1n) is 12.6. The summed E-state index contributed by atoms with van der Waals surface area (Å²) in [6, 6.07) is 13.8. The topological polar surface area (TPSA) is 86.6 Å². The van der Waals surface area contributed by atoms with Crippen molar-refractivity contribution in [2.75, 3.05) is 39.2 Å². The van der Waals surface area contributed by atoms with E-state index in [9.17, 15) is 9.18 Å². The molecule has 8 nitrogen and oxygen atoms in total. The number of imidazole rings is 1. The van der Waals surface area contributed by atoms with Crippen molar-refractivity contribution in [1.29, 1.82) is 0 Å². The fraction of sp³-hybridized carbons (Fsp3) is 0.310. The third-order valence-corrected chi connectivity index (χ3v) is 6.87. The van der Waals surface area contributed by atoms with Crippen LogP contribution in [-0.2, 0) is 4.74 Å². The SMILES string of the molecule is CNC(=O)c1ccc(-n2cnc3c(NCC4CCOCC4)cc(Oc4ccc(OC)cc4F)cc32)cc1C. The normalized spacial score (nSPS) is 13.9. The number of carbonyl (C=O) groups is 1. The summed E-state index contributed by atoms with van der Waals surface area (Å²) in [4.78, 5) is 16.9. The standard InChI is InChI=1S/C29H31FN4O4/c1-18-12-20(4-6-23(18)29(35)31-2)34-17-33-28-25(32-16-19-8-10-37-11-9-19)14-22(15-26(28)34)38-27-7-5-21(36-3)13-24(27)30/h4-7,12-15,17,19,32H,8-11,16H2,1-3H3,(H,31,35). The number of rotatable bonds is 8. The molecule has 3 aromatic carbocycles. The lowest BCUT2D eigenvalue weighted by atomic mass is 10.0. The molecule has 0 spiro atoms. The van der Waals surface area contributed by atoms with E-state index in [1.807, 2.05) is 35.8 Å². The van der Waals surface area contributed by atoms with Crippen LogP contribution >= 0.6 is 0 Å². The number of fused-ring (bicyclic) bond motifs is 1. The van der Waals surface area contributed by atoms with Crippen LogP contribution < -0.4 is 20.1 Å². The first-order valence-corrected chi connectivity index (χ1v) is 12.6. The smallest absolute Gasteiger partial charge is 0.251 e. The molecule has 1 aliphatic rings. The predicted molar refractivity (Wildman–Crippen MR) is 144 cm³/mol. The van der Waals surface area contributed by atoms with Gasteiger partial charge in [-0.05, 0) is 61.6 Å². The Hall–Kier alpha value is -4.11. The van der Waals surface area contributed by atoms with Gasteiger partial charge in [0.1, 0.15) is 23.3 Å². The summed E-state index contributed by atoms with van der Waals surface area (Å²) in [6.07, 6.45) is 3.74. The van der Waals surface area contributed by atoms with Gasteiger partial charge in [0.05, 0.1) is 18.3 Å². The maximum absolute atomic E-state index is 14.7. The molecule has 9 heteroatoms. The van der Waals surface area contributed by atoms with Gasteiger partial charge in [0.25, 0.3) is 5.91 Å². The van der Waals surface area contributed by atoms with Crippen LogP contribution in [0.1, 0.15) is 28.8 Å². The Kier molecular flexibility index (Phi) is 7.46. The van der Waals surface area contributed by atoms with Crippen molar-refractivity contribution in [3.05, 3.63) is 71.8 Å². The number of carbonyl (C=O) groups excluding carboxylic acids is 1. The second-order valence-electron chi connectivity index (χ2n) is 9.37. The van der Waals surface area contributed by atoms with Crippen molar-refractivity contribution >= 4 is 22.6 Å². The van der Waals surface area contributed by atoms with Crippen LogP contribution in [0.2, 0.25) is 0 Å². The summed E-state index contributed by atoms with van der Waals surface area (Å²) in [6.45, 7) is 4.20. The molecule has 198 valence electrons. The number of ether oxygens (including phenoxy) is 3. The van der Waals surface area contributed by atoms with Gasteiger partial charge in [-0.25, -0.2) is 9.37 Å². The zero-order valence-electron chi connectivity index (χ0n) is 21.7. The number of halogens is 1. The number of nitrogens with zero attached hydrogens (tertiary/aromatic N) is 2. The summed E-state index contributed by atoms with van der Waals surface area (Å²) >= 11 is 0. The molecule has 4 aromatic rings. The Morgan fingerprint density at radius 2 is 1.95 bits per heavy atom. The third kappa shape index (κ3) is 5.28. The minimum atomic E-state index is -0.518. The van der Waals surface area contributed by atoms with Gasteiger partial charge >= 0.3 is 0 Å². The molecule has 1 amide bonds. The lowest BCUT2D eigenvalue weighted by molar-refractivity contribution is 0.0699. The number of amides is 1. The highest BCUT2D eigenvalue weighted by atomic mass is 19.1. The average molecular weight is 519 g/mol. The Bertz CT molecular complexity index is 1460. The van der Waals surface area contributed by atoms with Gasteiger partial charge in [-0.15, -0.1) is 0 Å². The molecule has 0 unspecified atom stereocenters. The highest BCUT2D eigenvalue weighted by Crippen LogP contribution is 2.35. The molecule has 0 aliphatic carbocycles. The van der Waals surface area contributed by atoms with E-state index in [0.29, 0.717) is 23.0 Å². The lowest BCUT2D eigenvalue weighted by Crippen LogP contribution is -2.22. The number of methoxy groups -OCH3 is 1. The molecular weight excluding hydrogens is 487 g/mol. The van der Waals surface area contributed by atoms with Crippen molar-refractivity contribution in [2.45, 2.75) is 19.8 Å². The molecule has 0 bridgehead atoms. The summed E-state index contributed by atoms with van der Waals surface area (Å²) in [5.74, 6) is 0.812. The predicted octanol–water partition coefficient (Wildman–Crippen LogP) is 5.47. The van der Waals surface area contributed by atoms with E-state index in [0.717, 1.165) is 60.6 Å². The van der Waals surface area contributed by atoms with Crippen LogP contribution in [0.3, 0.4) is 0 Å². The van der Waals surface area contributed by atoms with Crippen LogP contribution in [0.5, 0.6) is 17.2 Å². The summed E-state index contributed by atoms with van der Waals surface area (Å²) < 4.78 is 33.3. The van der Waals surface area contributed by atoms with E-state index in [-0.39, 0.29) is 11.7 Å². The number of hydrogen-bond donors (Lipinski definition) is 2. The fourth-order valence-corrected chi connectivity index (χ4v) is 4.70. The highest BCUT2D eigenvalue weighted by Gasteiger charge is 2.18. The third-order valence-electron chi connectivity index (χ3n) is 6.87. The molecule has 38 heavy (non-hydrogen) atoms. The van der Waals surface area contributed by atoms with Crippen LogP contribution in [0.25, 0.3) is 16.7 Å². The van der Waals surface area contributed by atoms with Crippen LogP contribution in [0, 0.1) is 18.7 Å². The van der Waals surface area contributed by atoms with E-state index >= 15 is 0 Å². The number of aromatic nitrogens is 2. The van der Waals surface area contributed by atoms with E-state index in [1.54, 1.807) is 31.6 Å². The van der Waals surface area contributed by atoms with Crippen molar-refractivity contribution < 1.29 is 23.4 Å².